The van der Waals surface area contributed by atoms with E-state index in [1.165, 1.54) is 0 Å². The van der Waals surface area contributed by atoms with Crippen molar-refractivity contribution in [2.75, 3.05) is 5.32 Å². The maximum atomic E-state index is 12.9. The predicted octanol–water partition coefficient (Wildman–Crippen LogP) is 4.04. The maximum Gasteiger partial charge on any atom is 0.248 e. The van der Waals surface area contributed by atoms with Gasteiger partial charge < -0.3 is 10.1 Å². The molecule has 2 aromatic carbocycles. The first kappa shape index (κ1) is 18.1. The van der Waals surface area contributed by atoms with Gasteiger partial charge in [-0.2, -0.15) is 4.68 Å². The zero-order chi connectivity index (χ0) is 19.8. The number of allylic oxidation sites excluding steroid dienone is 2. The molecule has 1 aromatic heterocycles. The SMILES string of the molecule is O=C1CCCC2=C1C(c1cc(Br)ccc1OCc1ccccc1)n1nnnc1N2. The van der Waals surface area contributed by atoms with E-state index in [0.717, 1.165) is 39.7 Å². The van der Waals surface area contributed by atoms with Crippen LogP contribution in [0.2, 0.25) is 0 Å². The first-order valence-electron chi connectivity index (χ1n) is 9.48. The van der Waals surface area contributed by atoms with E-state index in [2.05, 4.69) is 36.8 Å². The fourth-order valence-corrected chi connectivity index (χ4v) is 4.28. The normalized spacial score (nSPS) is 18.1. The number of tetrazole rings is 1. The number of carbonyl (C=O) groups excluding carboxylic acids is 1. The Labute approximate surface area is 175 Å². The molecule has 1 aliphatic heterocycles. The van der Waals surface area contributed by atoms with Crippen molar-refractivity contribution in [2.24, 2.45) is 0 Å². The number of halogens is 1. The zero-order valence-electron chi connectivity index (χ0n) is 15.5. The van der Waals surface area contributed by atoms with Crippen LogP contribution in [0.15, 0.2) is 64.3 Å². The molecule has 0 saturated heterocycles. The van der Waals surface area contributed by atoms with Gasteiger partial charge in [-0.05, 0) is 47.0 Å². The van der Waals surface area contributed by atoms with Crippen molar-refractivity contribution in [1.82, 2.24) is 20.2 Å². The second kappa shape index (κ2) is 7.44. The summed E-state index contributed by atoms with van der Waals surface area (Å²) >= 11 is 3.56. The molecule has 0 radical (unpaired) electrons. The average molecular weight is 452 g/mol. The van der Waals surface area contributed by atoms with Crippen LogP contribution in [0.3, 0.4) is 0 Å². The van der Waals surface area contributed by atoms with E-state index >= 15 is 0 Å². The summed E-state index contributed by atoms with van der Waals surface area (Å²) in [5.74, 6) is 1.37. The summed E-state index contributed by atoms with van der Waals surface area (Å²) in [6, 6.07) is 15.4. The minimum atomic E-state index is -0.424. The third kappa shape index (κ3) is 3.33. The minimum absolute atomic E-state index is 0.124. The standard InChI is InChI=1S/C21H18BrN5O2/c22-14-9-10-18(29-12-13-5-2-1-3-6-13)15(11-14)20-19-16(7-4-8-17(19)28)23-21-24-25-26-27(20)21/h1-3,5-6,9-11,20H,4,7-8,12H2,(H,23,24,26). The van der Waals surface area contributed by atoms with Crippen molar-refractivity contribution >= 4 is 27.7 Å². The predicted molar refractivity (Wildman–Crippen MR) is 110 cm³/mol. The van der Waals surface area contributed by atoms with E-state index < -0.39 is 6.04 Å². The number of hydrogen-bond donors (Lipinski definition) is 1. The monoisotopic (exact) mass is 451 g/mol. The van der Waals surface area contributed by atoms with Crippen LogP contribution in [0.25, 0.3) is 0 Å². The van der Waals surface area contributed by atoms with E-state index in [1.807, 2.05) is 48.5 Å². The van der Waals surface area contributed by atoms with Gasteiger partial charge in [0, 0.05) is 27.7 Å². The van der Waals surface area contributed by atoms with Crippen molar-refractivity contribution in [3.05, 3.63) is 75.4 Å². The summed E-state index contributed by atoms with van der Waals surface area (Å²) in [5.41, 5.74) is 3.55. The number of anilines is 1. The number of hydrogen-bond acceptors (Lipinski definition) is 6. The van der Waals surface area contributed by atoms with Crippen LogP contribution in [-0.4, -0.2) is 26.0 Å². The Bertz CT molecular complexity index is 1110. The molecular weight excluding hydrogens is 434 g/mol. The number of benzene rings is 2. The smallest absolute Gasteiger partial charge is 0.248 e. The quantitative estimate of drug-likeness (QED) is 0.644. The van der Waals surface area contributed by atoms with Gasteiger partial charge in [0.25, 0.3) is 0 Å². The Kier molecular flexibility index (Phi) is 4.63. The summed E-state index contributed by atoms with van der Waals surface area (Å²) < 4.78 is 8.75. The number of aromatic nitrogens is 4. The second-order valence-electron chi connectivity index (χ2n) is 7.10. The fourth-order valence-electron chi connectivity index (χ4n) is 3.90. The van der Waals surface area contributed by atoms with Crippen molar-refractivity contribution in [2.45, 2.75) is 31.9 Å². The van der Waals surface area contributed by atoms with Gasteiger partial charge in [0.15, 0.2) is 5.78 Å². The van der Waals surface area contributed by atoms with Crippen LogP contribution in [0.1, 0.15) is 36.4 Å². The van der Waals surface area contributed by atoms with Crippen LogP contribution in [0.5, 0.6) is 5.75 Å². The number of ether oxygens (including phenoxy) is 1. The number of fused-ring (bicyclic) bond motifs is 1. The lowest BCUT2D eigenvalue weighted by atomic mass is 9.85. The fraction of sp³-hybridized carbons (Fsp3) is 0.238. The molecule has 1 N–H and O–H groups in total. The Balaban J connectivity index is 1.60. The molecule has 0 amide bonds. The van der Waals surface area contributed by atoms with E-state index in [1.54, 1.807) is 4.68 Å². The highest BCUT2D eigenvalue weighted by molar-refractivity contribution is 9.10. The van der Waals surface area contributed by atoms with Gasteiger partial charge in [-0.15, -0.1) is 0 Å². The highest BCUT2D eigenvalue weighted by Crippen LogP contribution is 2.43. The van der Waals surface area contributed by atoms with Gasteiger partial charge in [0.1, 0.15) is 18.4 Å². The van der Waals surface area contributed by atoms with Crippen LogP contribution in [0, 0.1) is 0 Å². The topological polar surface area (TPSA) is 81.9 Å². The molecule has 5 rings (SSSR count). The van der Waals surface area contributed by atoms with Crippen LogP contribution in [0.4, 0.5) is 5.95 Å². The summed E-state index contributed by atoms with van der Waals surface area (Å²) in [6.07, 6.45) is 2.16. The Morgan fingerprint density at radius 3 is 2.90 bits per heavy atom. The third-order valence-corrected chi connectivity index (χ3v) is 5.73. The molecule has 0 spiro atoms. The van der Waals surface area contributed by atoms with Gasteiger partial charge in [-0.1, -0.05) is 51.4 Å². The third-order valence-electron chi connectivity index (χ3n) is 5.23. The van der Waals surface area contributed by atoms with Crippen molar-refractivity contribution in [3.63, 3.8) is 0 Å². The average Bonchev–Trinajstić information content (AvgIpc) is 3.20. The second-order valence-corrected chi connectivity index (χ2v) is 8.02. The molecular formula is C21H18BrN5O2. The lowest BCUT2D eigenvalue weighted by Gasteiger charge is -2.32. The minimum Gasteiger partial charge on any atom is -0.489 e. The first-order chi connectivity index (χ1) is 14.2. The molecule has 1 atom stereocenters. The highest BCUT2D eigenvalue weighted by Gasteiger charge is 2.38. The number of nitrogens with one attached hydrogen (secondary N) is 1. The molecule has 0 fully saturated rings. The van der Waals surface area contributed by atoms with E-state index in [0.29, 0.717) is 24.7 Å². The van der Waals surface area contributed by atoms with E-state index in [9.17, 15) is 4.79 Å². The van der Waals surface area contributed by atoms with Crippen molar-refractivity contribution < 1.29 is 9.53 Å². The number of carbonyl (C=O) groups is 1. The van der Waals surface area contributed by atoms with E-state index in [4.69, 9.17) is 4.74 Å². The van der Waals surface area contributed by atoms with Gasteiger partial charge >= 0.3 is 0 Å². The first-order valence-corrected chi connectivity index (χ1v) is 10.3. The number of Topliss-reactive ketones (excluding diaryl/α,β-unsaturated/α-hetero) is 1. The summed E-state index contributed by atoms with van der Waals surface area (Å²) in [6.45, 7) is 0.433. The van der Waals surface area contributed by atoms with Crippen molar-refractivity contribution in [1.29, 1.82) is 0 Å². The number of ketones is 1. The Hall–Kier alpha value is -3.00. The summed E-state index contributed by atoms with van der Waals surface area (Å²) in [4.78, 5) is 12.9. The van der Waals surface area contributed by atoms with Crippen LogP contribution < -0.4 is 10.1 Å². The molecule has 2 aliphatic rings. The summed E-state index contributed by atoms with van der Waals surface area (Å²) in [5, 5.41) is 15.3. The highest BCUT2D eigenvalue weighted by atomic mass is 79.9. The molecule has 0 bridgehead atoms. The summed E-state index contributed by atoms with van der Waals surface area (Å²) in [7, 11) is 0. The molecule has 1 unspecified atom stereocenters. The lowest BCUT2D eigenvalue weighted by Crippen LogP contribution is -2.31. The number of nitrogens with zero attached hydrogens (tertiary/aromatic N) is 4. The van der Waals surface area contributed by atoms with Crippen molar-refractivity contribution in [3.8, 4) is 5.75 Å². The molecule has 2 heterocycles. The van der Waals surface area contributed by atoms with Gasteiger partial charge in [0.05, 0.1) is 0 Å². The van der Waals surface area contributed by atoms with Gasteiger partial charge in [-0.3, -0.25) is 4.79 Å². The largest absolute Gasteiger partial charge is 0.489 e. The van der Waals surface area contributed by atoms with Crippen LogP contribution in [-0.2, 0) is 11.4 Å². The Morgan fingerprint density at radius 1 is 1.17 bits per heavy atom. The molecule has 3 aromatic rings. The van der Waals surface area contributed by atoms with Gasteiger partial charge in [0.2, 0.25) is 5.95 Å². The molecule has 1 aliphatic carbocycles. The Morgan fingerprint density at radius 2 is 2.03 bits per heavy atom. The zero-order valence-corrected chi connectivity index (χ0v) is 17.1. The maximum absolute atomic E-state index is 12.9. The molecule has 146 valence electrons. The molecule has 7 nitrogen and oxygen atoms in total. The molecule has 29 heavy (non-hydrogen) atoms. The molecule has 0 saturated carbocycles. The van der Waals surface area contributed by atoms with E-state index in [-0.39, 0.29) is 5.78 Å². The number of rotatable bonds is 4. The molecule has 8 heteroatoms. The van der Waals surface area contributed by atoms with Gasteiger partial charge in [-0.25, -0.2) is 0 Å². The lowest BCUT2D eigenvalue weighted by molar-refractivity contribution is -0.116. The van der Waals surface area contributed by atoms with Crippen LogP contribution >= 0.6 is 15.9 Å².